The molecular weight excluding hydrogens is 941 g/mol. The van der Waals surface area contributed by atoms with Gasteiger partial charge in [0.2, 0.25) is 18.5 Å². The summed E-state index contributed by atoms with van der Waals surface area (Å²) in [6.45, 7) is 4.42. The number of nitrogens with one attached hydrogen (secondary N) is 1. The number of fused-ring (bicyclic) bond motifs is 3. The molecule has 6 unspecified atom stereocenters. The Bertz CT molecular complexity index is 2720. The number of hydrogen-bond acceptors (Lipinski definition) is 15. The summed E-state index contributed by atoms with van der Waals surface area (Å²) in [4.78, 5) is 47.9. The maximum Gasteiger partial charge on any atom is 0.417 e. The van der Waals surface area contributed by atoms with E-state index in [0.29, 0.717) is 77.8 Å². The molecule has 3 N–H and O–H groups in total. The Hall–Kier alpha value is -7.15. The molecule has 2 saturated carbocycles. The molecule has 18 heteroatoms. The Labute approximate surface area is 423 Å². The number of anilines is 1. The van der Waals surface area contributed by atoms with Crippen LogP contribution in [0.5, 0.6) is 34.5 Å². The molecule has 5 aliphatic rings. The van der Waals surface area contributed by atoms with Crippen LogP contribution in [0.3, 0.4) is 0 Å². The number of oxime groups is 1. The largest absolute Gasteiger partial charge is 0.497 e. The van der Waals surface area contributed by atoms with Crippen molar-refractivity contribution in [2.45, 2.75) is 88.7 Å². The molecule has 4 aromatic carbocycles. The van der Waals surface area contributed by atoms with E-state index in [4.69, 9.17) is 43.2 Å². The van der Waals surface area contributed by atoms with Gasteiger partial charge in [-0.05, 0) is 122 Å². The van der Waals surface area contributed by atoms with Crippen molar-refractivity contribution in [3.63, 3.8) is 0 Å². The Balaban J connectivity index is 1.19. The van der Waals surface area contributed by atoms with Crippen molar-refractivity contribution >= 4 is 29.1 Å². The topological polar surface area (TPSA) is 219 Å². The lowest BCUT2D eigenvalue weighted by Gasteiger charge is -2.60. The summed E-state index contributed by atoms with van der Waals surface area (Å²) in [5.74, 6) is -0.228. The molecule has 9 rings (SSSR count). The van der Waals surface area contributed by atoms with Gasteiger partial charge in [-0.3, -0.25) is 20.2 Å². The van der Waals surface area contributed by atoms with Gasteiger partial charge in [-0.1, -0.05) is 36.2 Å². The molecule has 386 valence electrons. The lowest BCUT2D eigenvalue weighted by atomic mass is 9.55. The van der Waals surface area contributed by atoms with Gasteiger partial charge in [-0.15, -0.1) is 6.58 Å². The van der Waals surface area contributed by atoms with Crippen molar-refractivity contribution in [1.82, 2.24) is 4.90 Å². The molecular formula is C55H62N4O14. The highest BCUT2D eigenvalue weighted by molar-refractivity contribution is 6.03. The number of nitro groups is 1. The fourth-order valence-corrected chi connectivity index (χ4v) is 10.9. The second kappa shape index (κ2) is 22.7. The Morgan fingerprint density at radius 3 is 2.37 bits per heavy atom. The number of hydrogen-bond donors (Lipinski definition) is 3. The van der Waals surface area contributed by atoms with E-state index in [0.717, 1.165) is 36.0 Å². The summed E-state index contributed by atoms with van der Waals surface area (Å²) >= 11 is 0. The molecule has 0 radical (unpaired) electrons. The normalized spacial score (nSPS) is 22.7. The summed E-state index contributed by atoms with van der Waals surface area (Å²) in [6.07, 6.45) is 8.74. The third-order valence-corrected chi connectivity index (χ3v) is 14.4. The highest BCUT2D eigenvalue weighted by Crippen LogP contribution is 2.62. The Morgan fingerprint density at radius 1 is 0.904 bits per heavy atom. The first-order chi connectivity index (χ1) is 35.6. The van der Waals surface area contributed by atoms with Crippen LogP contribution in [-0.2, 0) is 27.5 Å². The van der Waals surface area contributed by atoms with E-state index in [2.05, 4.69) is 18.0 Å². The molecule has 2 amide bonds. The standard InChI is InChI=1S/C55H62N4O14/c1-4-25-70-55-50(58(53(62)36-14-15-36)31-35-13-21-47-49(26-35)69-33-68-47)30-45(57-71-32-34-11-16-38(17-12-34)59(64)65)42-27-37(9-5-7-23-60)41(10-6-8-24-61)51(52(42)55)43-28-40(19-22-46(43)73-55)72-54(63)56-44-20-18-39(66-2)29-48(44)67-3/h4,11-13,16-22,26-29,36-37,41,50-52,60-61H,1,5-10,14-15,23-25,30-33H2,2-3H3,(H,56,63). The summed E-state index contributed by atoms with van der Waals surface area (Å²) in [6, 6.07) is 21.2. The number of rotatable bonds is 23. The minimum Gasteiger partial charge on any atom is -0.497 e. The zero-order chi connectivity index (χ0) is 51.1. The molecule has 2 heterocycles. The molecule has 0 spiro atoms. The molecule has 2 aliphatic heterocycles. The number of aliphatic hydroxyl groups is 2. The first kappa shape index (κ1) is 50.8. The van der Waals surface area contributed by atoms with Crippen molar-refractivity contribution in [2.24, 2.45) is 28.8 Å². The van der Waals surface area contributed by atoms with Gasteiger partial charge in [0.05, 0.1) is 43.1 Å². The van der Waals surface area contributed by atoms with Crippen LogP contribution >= 0.6 is 0 Å². The summed E-state index contributed by atoms with van der Waals surface area (Å²) in [5, 5.41) is 39.3. The SMILES string of the molecule is C=CCOC12Oc3ccc(OC(=O)Nc4ccc(OC)cc4OC)cc3C3C(CCCCO)C(CCCCO)C=C(C(=NOCc4ccc([N+](=O)[O-])cc4)CC1N(Cc1ccc4c(c1)OCO4)C(=O)C1CC1)C32. The van der Waals surface area contributed by atoms with E-state index in [-0.39, 0.29) is 81.3 Å². The number of nitro benzene ring substituents is 1. The van der Waals surface area contributed by atoms with Crippen LogP contribution in [0.25, 0.3) is 0 Å². The van der Waals surface area contributed by atoms with E-state index in [1.807, 2.05) is 29.2 Å². The maximum absolute atomic E-state index is 15.1. The van der Waals surface area contributed by atoms with Crippen molar-refractivity contribution < 1.29 is 62.7 Å². The van der Waals surface area contributed by atoms with Gasteiger partial charge in [0.1, 0.15) is 35.6 Å². The van der Waals surface area contributed by atoms with Gasteiger partial charge < -0.3 is 53.1 Å². The zero-order valence-corrected chi connectivity index (χ0v) is 41.1. The highest BCUT2D eigenvalue weighted by atomic mass is 16.7. The number of non-ortho nitro benzene ring substituents is 1. The molecule has 6 atom stereocenters. The van der Waals surface area contributed by atoms with Gasteiger partial charge in [0.15, 0.2) is 11.5 Å². The van der Waals surface area contributed by atoms with Gasteiger partial charge in [-0.25, -0.2) is 4.79 Å². The van der Waals surface area contributed by atoms with Crippen molar-refractivity contribution in [3.05, 3.63) is 130 Å². The number of amides is 2. The van der Waals surface area contributed by atoms with E-state index in [9.17, 15) is 25.1 Å². The lowest BCUT2D eigenvalue weighted by Crippen LogP contribution is -2.70. The van der Waals surface area contributed by atoms with Crippen molar-refractivity contribution in [2.75, 3.05) is 46.1 Å². The minimum absolute atomic E-state index is 0.00175. The zero-order valence-electron chi connectivity index (χ0n) is 41.1. The van der Waals surface area contributed by atoms with E-state index >= 15 is 4.79 Å². The molecule has 3 aliphatic carbocycles. The van der Waals surface area contributed by atoms with Crippen LogP contribution in [0.4, 0.5) is 16.2 Å². The molecule has 2 fully saturated rings. The molecule has 0 saturated heterocycles. The van der Waals surface area contributed by atoms with Crippen molar-refractivity contribution in [1.29, 1.82) is 0 Å². The molecule has 0 aromatic heterocycles. The molecule has 4 aromatic rings. The Morgan fingerprint density at radius 2 is 1.64 bits per heavy atom. The summed E-state index contributed by atoms with van der Waals surface area (Å²) < 4.78 is 42.9. The van der Waals surface area contributed by atoms with Crippen LogP contribution in [0.1, 0.15) is 80.4 Å². The fraction of sp³-hybridized carbons (Fsp3) is 0.436. The number of ether oxygens (including phenoxy) is 7. The van der Waals surface area contributed by atoms with Gasteiger partial charge in [-0.2, -0.15) is 0 Å². The summed E-state index contributed by atoms with van der Waals surface area (Å²) in [7, 11) is 3.03. The number of benzene rings is 4. The molecule has 73 heavy (non-hydrogen) atoms. The third-order valence-electron chi connectivity index (χ3n) is 14.4. The van der Waals surface area contributed by atoms with Crippen LogP contribution in [0.2, 0.25) is 0 Å². The van der Waals surface area contributed by atoms with Crippen LogP contribution in [0.15, 0.2) is 108 Å². The quantitative estimate of drug-likeness (QED) is 0.0273. The van der Waals surface area contributed by atoms with E-state index < -0.39 is 34.7 Å². The first-order valence-electron chi connectivity index (χ1n) is 24.9. The number of allylic oxidation sites excluding steroid dienone is 1. The number of carbonyl (C=O) groups excluding carboxylic acids is 2. The number of carbonyl (C=O) groups is 2. The average Bonchev–Trinajstić information content (AvgIpc) is 4.15. The highest BCUT2D eigenvalue weighted by Gasteiger charge is 2.66. The van der Waals surface area contributed by atoms with Crippen LogP contribution in [0, 0.1) is 33.8 Å². The lowest BCUT2D eigenvalue weighted by molar-refractivity contribution is -0.384. The van der Waals surface area contributed by atoms with Gasteiger partial charge >= 0.3 is 6.09 Å². The van der Waals surface area contributed by atoms with Crippen LogP contribution in [-0.4, -0.2) is 90.4 Å². The van der Waals surface area contributed by atoms with E-state index in [1.54, 1.807) is 48.5 Å². The number of methoxy groups -OCH3 is 2. The first-order valence-corrected chi connectivity index (χ1v) is 24.9. The molecule has 0 bridgehead atoms. The van der Waals surface area contributed by atoms with Crippen LogP contribution < -0.4 is 33.7 Å². The predicted molar refractivity (Wildman–Crippen MR) is 268 cm³/mol. The number of nitrogens with zero attached hydrogens (tertiary/aromatic N) is 3. The maximum atomic E-state index is 15.1. The van der Waals surface area contributed by atoms with Gasteiger partial charge in [0, 0.05) is 61.8 Å². The second-order valence-electron chi connectivity index (χ2n) is 19.0. The third kappa shape index (κ3) is 11.0. The number of aliphatic hydroxyl groups excluding tert-OH is 2. The average molecular weight is 1000 g/mol. The van der Waals surface area contributed by atoms with Gasteiger partial charge in [0.25, 0.3) is 5.69 Å². The number of unbranched alkanes of at least 4 members (excludes halogenated alkanes) is 2. The molecule has 18 nitrogen and oxygen atoms in total. The summed E-state index contributed by atoms with van der Waals surface area (Å²) in [5.41, 5.74) is 3.93. The minimum atomic E-state index is -1.55. The fourth-order valence-electron chi connectivity index (χ4n) is 10.9. The smallest absolute Gasteiger partial charge is 0.417 e. The predicted octanol–water partition coefficient (Wildman–Crippen LogP) is 9.22. The second-order valence-corrected chi connectivity index (χ2v) is 19.0. The van der Waals surface area contributed by atoms with E-state index in [1.165, 1.54) is 26.4 Å². The van der Waals surface area contributed by atoms with Crippen molar-refractivity contribution in [3.8, 4) is 34.5 Å². The monoisotopic (exact) mass is 1000 g/mol. The Kier molecular flexibility index (Phi) is 15.8.